The Morgan fingerprint density at radius 3 is 2.87 bits per heavy atom. The Hall–Kier alpha value is -1.39. The van der Waals surface area contributed by atoms with E-state index in [2.05, 4.69) is 27.4 Å². The molecule has 84 valence electrons. The Balaban J connectivity index is 2.50. The predicted molar refractivity (Wildman–Crippen MR) is 57.5 cm³/mol. The molecule has 0 aromatic carbocycles. The summed E-state index contributed by atoms with van der Waals surface area (Å²) in [6.07, 6.45) is 1.81. The van der Waals surface area contributed by atoms with Gasteiger partial charge in [-0.05, 0) is 12.3 Å². The van der Waals surface area contributed by atoms with Gasteiger partial charge in [0.2, 0.25) is 5.82 Å². The molecule has 0 aliphatic rings. The number of hydrogen-bond donors (Lipinski definition) is 2. The molecule has 0 radical (unpaired) electrons. The summed E-state index contributed by atoms with van der Waals surface area (Å²) in [6, 6.07) is 0. The maximum absolute atomic E-state index is 11.5. The molecule has 5 heteroatoms. The van der Waals surface area contributed by atoms with Crippen LogP contribution in [0.1, 0.15) is 43.6 Å². The average molecular weight is 210 g/mol. The summed E-state index contributed by atoms with van der Waals surface area (Å²) >= 11 is 0. The highest BCUT2D eigenvalue weighted by atomic mass is 16.2. The van der Waals surface area contributed by atoms with Crippen LogP contribution in [-0.4, -0.2) is 27.6 Å². The maximum Gasteiger partial charge on any atom is 0.290 e. The molecule has 0 bridgehead atoms. The predicted octanol–water partition coefficient (Wildman–Crippen LogP) is 1.14. The Labute approximate surface area is 89.7 Å². The number of hydrogen-bond acceptors (Lipinski definition) is 3. The quantitative estimate of drug-likeness (QED) is 0.765. The van der Waals surface area contributed by atoms with Crippen molar-refractivity contribution in [1.29, 1.82) is 0 Å². The lowest BCUT2D eigenvalue weighted by Crippen LogP contribution is -2.28. The first-order chi connectivity index (χ1) is 7.13. The van der Waals surface area contributed by atoms with E-state index in [1.54, 1.807) is 0 Å². The van der Waals surface area contributed by atoms with Gasteiger partial charge in [-0.1, -0.05) is 20.8 Å². The molecule has 0 aliphatic carbocycles. The van der Waals surface area contributed by atoms with E-state index in [9.17, 15) is 4.79 Å². The molecule has 0 atom stereocenters. The molecule has 1 amide bonds. The van der Waals surface area contributed by atoms with Crippen LogP contribution in [0.4, 0.5) is 0 Å². The lowest BCUT2D eigenvalue weighted by Gasteiger charge is -2.04. The van der Waals surface area contributed by atoms with Gasteiger partial charge in [-0.15, -0.1) is 5.10 Å². The fraction of sp³-hybridized carbons (Fsp3) is 0.700. The minimum atomic E-state index is -0.206. The standard InChI is InChI=1S/C10H18N4O/c1-4-5-8-12-9(14-13-8)10(15)11-6-7(2)3/h7H,4-6H2,1-3H3,(H,11,15)(H,12,13,14). The van der Waals surface area contributed by atoms with E-state index in [0.29, 0.717) is 12.5 Å². The molecule has 15 heavy (non-hydrogen) atoms. The monoisotopic (exact) mass is 210 g/mol. The fourth-order valence-electron chi connectivity index (χ4n) is 1.12. The van der Waals surface area contributed by atoms with Crippen molar-refractivity contribution in [1.82, 2.24) is 20.5 Å². The van der Waals surface area contributed by atoms with Crippen molar-refractivity contribution >= 4 is 5.91 Å². The smallest absolute Gasteiger partial charge is 0.290 e. The topological polar surface area (TPSA) is 70.7 Å². The van der Waals surface area contributed by atoms with Gasteiger partial charge in [0.25, 0.3) is 5.91 Å². The molecule has 0 spiro atoms. The van der Waals surface area contributed by atoms with E-state index in [1.807, 2.05) is 13.8 Å². The van der Waals surface area contributed by atoms with E-state index in [-0.39, 0.29) is 11.7 Å². The third-order valence-corrected chi connectivity index (χ3v) is 1.89. The number of nitrogens with zero attached hydrogens (tertiary/aromatic N) is 2. The molecule has 0 saturated heterocycles. The highest BCUT2D eigenvalue weighted by Gasteiger charge is 2.11. The second-order valence-electron chi connectivity index (χ2n) is 3.96. The summed E-state index contributed by atoms with van der Waals surface area (Å²) in [5.74, 6) is 1.23. The molecule has 1 aromatic heterocycles. The van der Waals surface area contributed by atoms with Crippen LogP contribution in [0.5, 0.6) is 0 Å². The van der Waals surface area contributed by atoms with E-state index >= 15 is 0 Å². The molecule has 0 aliphatic heterocycles. The number of amides is 1. The van der Waals surface area contributed by atoms with Crippen LogP contribution in [0.15, 0.2) is 0 Å². The Morgan fingerprint density at radius 2 is 2.27 bits per heavy atom. The van der Waals surface area contributed by atoms with Crippen molar-refractivity contribution in [2.24, 2.45) is 5.92 Å². The molecule has 0 unspecified atom stereocenters. The summed E-state index contributed by atoms with van der Waals surface area (Å²) in [4.78, 5) is 15.6. The minimum absolute atomic E-state index is 0.206. The SMILES string of the molecule is CCCc1nc(C(=O)NCC(C)C)n[nH]1. The Morgan fingerprint density at radius 1 is 1.53 bits per heavy atom. The molecule has 0 saturated carbocycles. The Bertz CT molecular complexity index is 319. The minimum Gasteiger partial charge on any atom is -0.349 e. The van der Waals surface area contributed by atoms with Gasteiger partial charge in [-0.2, -0.15) is 0 Å². The number of H-pyrrole nitrogens is 1. The summed E-state index contributed by atoms with van der Waals surface area (Å²) in [5, 5.41) is 9.39. The maximum atomic E-state index is 11.5. The van der Waals surface area contributed by atoms with E-state index in [1.165, 1.54) is 0 Å². The lowest BCUT2D eigenvalue weighted by molar-refractivity contribution is 0.0939. The van der Waals surface area contributed by atoms with Gasteiger partial charge in [0.15, 0.2) is 0 Å². The van der Waals surface area contributed by atoms with Crippen LogP contribution >= 0.6 is 0 Å². The van der Waals surface area contributed by atoms with Crippen LogP contribution in [0, 0.1) is 5.92 Å². The summed E-state index contributed by atoms with van der Waals surface area (Å²) in [5.41, 5.74) is 0. The van der Waals surface area contributed by atoms with Gasteiger partial charge < -0.3 is 5.32 Å². The van der Waals surface area contributed by atoms with Gasteiger partial charge in [0, 0.05) is 13.0 Å². The first-order valence-corrected chi connectivity index (χ1v) is 5.33. The third kappa shape index (κ3) is 3.69. The fourth-order valence-corrected chi connectivity index (χ4v) is 1.12. The van der Waals surface area contributed by atoms with E-state index < -0.39 is 0 Å². The number of carbonyl (C=O) groups excluding carboxylic acids is 1. The van der Waals surface area contributed by atoms with E-state index in [4.69, 9.17) is 0 Å². The average Bonchev–Trinajstić information content (AvgIpc) is 2.63. The van der Waals surface area contributed by atoms with Crippen molar-refractivity contribution in [2.45, 2.75) is 33.6 Å². The number of rotatable bonds is 5. The van der Waals surface area contributed by atoms with Crippen LogP contribution in [0.25, 0.3) is 0 Å². The van der Waals surface area contributed by atoms with Crippen molar-refractivity contribution < 1.29 is 4.79 Å². The number of nitrogens with one attached hydrogen (secondary N) is 2. The first-order valence-electron chi connectivity index (χ1n) is 5.33. The molecular formula is C10H18N4O. The summed E-state index contributed by atoms with van der Waals surface area (Å²) in [7, 11) is 0. The first kappa shape index (κ1) is 11.7. The van der Waals surface area contributed by atoms with Gasteiger partial charge in [0.1, 0.15) is 5.82 Å². The normalized spacial score (nSPS) is 10.7. The second-order valence-corrected chi connectivity index (χ2v) is 3.96. The van der Waals surface area contributed by atoms with Crippen LogP contribution in [-0.2, 0) is 6.42 Å². The summed E-state index contributed by atoms with van der Waals surface area (Å²) < 4.78 is 0. The highest BCUT2D eigenvalue weighted by Crippen LogP contribution is 1.97. The number of aryl methyl sites for hydroxylation is 1. The molecule has 5 nitrogen and oxygen atoms in total. The van der Waals surface area contributed by atoms with Crippen LogP contribution < -0.4 is 5.32 Å². The van der Waals surface area contributed by atoms with Crippen molar-refractivity contribution in [3.8, 4) is 0 Å². The zero-order chi connectivity index (χ0) is 11.3. The van der Waals surface area contributed by atoms with Crippen molar-refractivity contribution in [2.75, 3.05) is 6.54 Å². The number of aromatic nitrogens is 3. The number of carbonyl (C=O) groups is 1. The molecular weight excluding hydrogens is 192 g/mol. The zero-order valence-electron chi connectivity index (χ0n) is 9.50. The van der Waals surface area contributed by atoms with Gasteiger partial charge in [-0.3, -0.25) is 9.89 Å². The molecule has 0 fully saturated rings. The zero-order valence-corrected chi connectivity index (χ0v) is 9.50. The highest BCUT2D eigenvalue weighted by molar-refractivity contribution is 5.90. The van der Waals surface area contributed by atoms with Gasteiger partial charge in [-0.25, -0.2) is 4.98 Å². The second kappa shape index (κ2) is 5.48. The molecule has 1 rings (SSSR count). The largest absolute Gasteiger partial charge is 0.349 e. The van der Waals surface area contributed by atoms with E-state index in [0.717, 1.165) is 18.7 Å². The van der Waals surface area contributed by atoms with Gasteiger partial charge >= 0.3 is 0 Å². The molecule has 2 N–H and O–H groups in total. The lowest BCUT2D eigenvalue weighted by atomic mass is 10.2. The van der Waals surface area contributed by atoms with Crippen LogP contribution in [0.3, 0.4) is 0 Å². The van der Waals surface area contributed by atoms with Crippen LogP contribution in [0.2, 0.25) is 0 Å². The third-order valence-electron chi connectivity index (χ3n) is 1.89. The molecule has 1 heterocycles. The Kier molecular flexibility index (Phi) is 4.27. The van der Waals surface area contributed by atoms with Crippen molar-refractivity contribution in [3.63, 3.8) is 0 Å². The summed E-state index contributed by atoms with van der Waals surface area (Å²) in [6.45, 7) is 6.79. The molecule has 1 aromatic rings. The number of aromatic amines is 1. The van der Waals surface area contributed by atoms with Crippen molar-refractivity contribution in [3.05, 3.63) is 11.6 Å². The van der Waals surface area contributed by atoms with Gasteiger partial charge in [0.05, 0.1) is 0 Å².